The van der Waals surface area contributed by atoms with Gasteiger partial charge in [0.15, 0.2) is 5.38 Å². The fraction of sp³-hybridized carbons (Fsp3) is 0.875. The van der Waals surface area contributed by atoms with Crippen LogP contribution in [0, 0.1) is 5.92 Å². The lowest BCUT2D eigenvalue weighted by atomic mass is 10.3. The van der Waals surface area contributed by atoms with Crippen LogP contribution in [-0.2, 0) is 9.53 Å². The van der Waals surface area contributed by atoms with Crippen LogP contribution in [0.15, 0.2) is 0 Å². The largest absolute Gasteiger partial charge is 0.480 e. The lowest BCUT2D eigenvalue weighted by molar-refractivity contribution is -0.137. The third-order valence-electron chi connectivity index (χ3n) is 1.90. The Morgan fingerprint density at radius 1 is 1.67 bits per heavy atom. The lowest BCUT2D eigenvalue weighted by Gasteiger charge is -2.04. The molecule has 0 bridgehead atoms. The highest BCUT2D eigenvalue weighted by Gasteiger charge is 2.21. The molecule has 0 aromatic heterocycles. The number of hydrogen-bond donors (Lipinski definition) is 1. The first kappa shape index (κ1) is 9.81. The van der Waals surface area contributed by atoms with Gasteiger partial charge in [-0.3, -0.25) is 4.79 Å². The molecule has 1 fully saturated rings. The number of carboxylic acids is 1. The van der Waals surface area contributed by atoms with Gasteiger partial charge in [0.1, 0.15) is 0 Å². The number of carboxylic acid groups (broad SMARTS) is 1. The maximum absolute atomic E-state index is 10.2. The van der Waals surface area contributed by atoms with Crippen LogP contribution < -0.4 is 0 Å². The number of hydrogen-bond acceptors (Lipinski definition) is 2. The number of carbonyl (C=O) groups is 1. The summed E-state index contributed by atoms with van der Waals surface area (Å²) in [5.41, 5.74) is 0. The second-order valence-corrected chi connectivity index (χ2v) is 3.64. The molecular formula is C8H13ClO3. The molecule has 1 N–H and O–H groups in total. The average Bonchev–Trinajstić information content (AvgIpc) is 2.80. The van der Waals surface area contributed by atoms with Gasteiger partial charge in [-0.25, -0.2) is 0 Å². The molecule has 3 nitrogen and oxygen atoms in total. The Bertz CT molecular complexity index is 156. The van der Waals surface area contributed by atoms with E-state index in [1.54, 1.807) is 0 Å². The molecule has 1 rings (SSSR count). The van der Waals surface area contributed by atoms with Crippen LogP contribution in [0.1, 0.15) is 19.3 Å². The van der Waals surface area contributed by atoms with Gasteiger partial charge in [-0.15, -0.1) is 11.6 Å². The Morgan fingerprint density at radius 2 is 2.33 bits per heavy atom. The van der Waals surface area contributed by atoms with E-state index in [1.165, 1.54) is 12.8 Å². The normalized spacial score (nSPS) is 19.1. The van der Waals surface area contributed by atoms with E-state index >= 15 is 0 Å². The number of alkyl halides is 1. The van der Waals surface area contributed by atoms with E-state index < -0.39 is 11.3 Å². The van der Waals surface area contributed by atoms with E-state index in [0.717, 1.165) is 12.3 Å². The molecule has 4 heteroatoms. The first-order valence-electron chi connectivity index (χ1n) is 4.14. The highest BCUT2D eigenvalue weighted by Crippen LogP contribution is 2.32. The fourth-order valence-corrected chi connectivity index (χ4v) is 1.00. The zero-order chi connectivity index (χ0) is 8.97. The van der Waals surface area contributed by atoms with Gasteiger partial charge in [0.25, 0.3) is 0 Å². The molecule has 0 aromatic carbocycles. The average molecular weight is 193 g/mol. The van der Waals surface area contributed by atoms with Crippen molar-refractivity contribution in [2.24, 2.45) is 5.92 Å². The van der Waals surface area contributed by atoms with E-state index in [1.807, 2.05) is 0 Å². The smallest absolute Gasteiger partial charge is 0.324 e. The summed E-state index contributed by atoms with van der Waals surface area (Å²) in [4.78, 5) is 10.2. The van der Waals surface area contributed by atoms with E-state index in [2.05, 4.69) is 0 Å². The van der Waals surface area contributed by atoms with Crippen molar-refractivity contribution in [1.29, 1.82) is 0 Å². The van der Waals surface area contributed by atoms with Gasteiger partial charge in [0, 0.05) is 6.61 Å². The molecule has 0 radical (unpaired) electrons. The molecule has 0 spiro atoms. The van der Waals surface area contributed by atoms with Crippen molar-refractivity contribution in [3.8, 4) is 0 Å². The van der Waals surface area contributed by atoms with Crippen LogP contribution in [0.25, 0.3) is 0 Å². The number of aliphatic carboxylic acids is 1. The maximum Gasteiger partial charge on any atom is 0.324 e. The summed E-state index contributed by atoms with van der Waals surface area (Å²) in [5, 5.41) is 7.49. The molecule has 1 atom stereocenters. The zero-order valence-electron chi connectivity index (χ0n) is 6.83. The SMILES string of the molecule is O=C(O)C(Cl)COCCC1CC1. The lowest BCUT2D eigenvalue weighted by Crippen LogP contribution is -2.20. The van der Waals surface area contributed by atoms with Gasteiger partial charge in [-0.1, -0.05) is 12.8 Å². The Kier molecular flexibility index (Phi) is 3.82. The quantitative estimate of drug-likeness (QED) is 0.513. The van der Waals surface area contributed by atoms with Crippen LogP contribution in [0.5, 0.6) is 0 Å². The Hall–Kier alpha value is -0.280. The first-order valence-corrected chi connectivity index (χ1v) is 4.58. The van der Waals surface area contributed by atoms with Crippen molar-refractivity contribution in [3.05, 3.63) is 0 Å². The Morgan fingerprint density at radius 3 is 2.83 bits per heavy atom. The second-order valence-electron chi connectivity index (χ2n) is 3.11. The van der Waals surface area contributed by atoms with E-state index in [4.69, 9.17) is 21.4 Å². The van der Waals surface area contributed by atoms with Crippen molar-refractivity contribution in [1.82, 2.24) is 0 Å². The van der Waals surface area contributed by atoms with Crippen LogP contribution >= 0.6 is 11.6 Å². The van der Waals surface area contributed by atoms with Crippen molar-refractivity contribution < 1.29 is 14.6 Å². The highest BCUT2D eigenvalue weighted by molar-refractivity contribution is 6.29. The van der Waals surface area contributed by atoms with Crippen molar-refractivity contribution in [2.75, 3.05) is 13.2 Å². The third-order valence-corrected chi connectivity index (χ3v) is 2.21. The monoisotopic (exact) mass is 192 g/mol. The van der Waals surface area contributed by atoms with E-state index in [9.17, 15) is 4.79 Å². The molecule has 1 saturated carbocycles. The molecule has 0 aromatic rings. The highest BCUT2D eigenvalue weighted by atomic mass is 35.5. The Labute approximate surface area is 76.7 Å². The third kappa shape index (κ3) is 3.93. The van der Waals surface area contributed by atoms with E-state index in [-0.39, 0.29) is 6.61 Å². The van der Waals surface area contributed by atoms with Gasteiger partial charge < -0.3 is 9.84 Å². The van der Waals surface area contributed by atoms with Crippen molar-refractivity contribution in [2.45, 2.75) is 24.6 Å². The summed E-state index contributed by atoms with van der Waals surface area (Å²) in [6, 6.07) is 0. The minimum Gasteiger partial charge on any atom is -0.480 e. The number of halogens is 1. The summed E-state index contributed by atoms with van der Waals surface area (Å²) in [6.45, 7) is 0.755. The van der Waals surface area contributed by atoms with Gasteiger partial charge in [0.05, 0.1) is 6.61 Å². The van der Waals surface area contributed by atoms with Crippen LogP contribution in [0.3, 0.4) is 0 Å². The summed E-state index contributed by atoms with van der Waals surface area (Å²) in [7, 11) is 0. The molecule has 0 heterocycles. The number of ether oxygens (including phenoxy) is 1. The first-order chi connectivity index (χ1) is 5.70. The van der Waals surface area contributed by atoms with Gasteiger partial charge in [0.2, 0.25) is 0 Å². The topological polar surface area (TPSA) is 46.5 Å². The van der Waals surface area contributed by atoms with Crippen LogP contribution in [-0.4, -0.2) is 29.7 Å². The fourth-order valence-electron chi connectivity index (χ4n) is 0.915. The molecule has 1 aliphatic carbocycles. The minimum atomic E-state index is -1.01. The second kappa shape index (κ2) is 4.67. The molecule has 0 amide bonds. The molecule has 0 aliphatic heterocycles. The standard InChI is InChI=1S/C8H13ClO3/c9-7(8(10)11)5-12-4-3-6-1-2-6/h6-7H,1-5H2,(H,10,11). The maximum atomic E-state index is 10.2. The molecule has 1 aliphatic rings. The van der Waals surface area contributed by atoms with Gasteiger partial charge in [-0.2, -0.15) is 0 Å². The summed E-state index contributed by atoms with van der Waals surface area (Å²) in [5.74, 6) is -0.188. The molecule has 1 unspecified atom stereocenters. The van der Waals surface area contributed by atoms with Crippen LogP contribution in [0.2, 0.25) is 0 Å². The summed E-state index contributed by atoms with van der Waals surface area (Å²) < 4.78 is 5.09. The van der Waals surface area contributed by atoms with Gasteiger partial charge >= 0.3 is 5.97 Å². The zero-order valence-corrected chi connectivity index (χ0v) is 7.59. The Balaban J connectivity index is 1.89. The van der Waals surface area contributed by atoms with Crippen molar-refractivity contribution >= 4 is 17.6 Å². The molecule has 70 valence electrons. The summed E-state index contributed by atoms with van der Waals surface area (Å²) >= 11 is 5.42. The van der Waals surface area contributed by atoms with Crippen molar-refractivity contribution in [3.63, 3.8) is 0 Å². The minimum absolute atomic E-state index is 0.115. The van der Waals surface area contributed by atoms with Crippen LogP contribution in [0.4, 0.5) is 0 Å². The number of rotatable bonds is 6. The van der Waals surface area contributed by atoms with E-state index in [0.29, 0.717) is 6.61 Å². The predicted octanol–water partition coefficient (Wildman–Crippen LogP) is 1.50. The summed E-state index contributed by atoms with van der Waals surface area (Å²) in [6.07, 6.45) is 3.64. The van der Waals surface area contributed by atoms with Gasteiger partial charge in [-0.05, 0) is 12.3 Å². The predicted molar refractivity (Wildman–Crippen MR) is 45.4 cm³/mol. The molecule has 12 heavy (non-hydrogen) atoms. The molecule has 0 saturated heterocycles. The molecular weight excluding hydrogens is 180 g/mol.